The van der Waals surface area contributed by atoms with Crippen LogP contribution >= 0.6 is 0 Å². The Morgan fingerprint density at radius 1 is 0.638 bits per heavy atom. The van der Waals surface area contributed by atoms with E-state index in [1.165, 1.54) is 0 Å². The van der Waals surface area contributed by atoms with Crippen LogP contribution in [-0.2, 0) is 59.6 Å². The van der Waals surface area contributed by atoms with Crippen molar-refractivity contribution in [1.82, 2.24) is 0 Å². The quantitative estimate of drug-likeness (QED) is 0.0784. The summed E-state index contributed by atoms with van der Waals surface area (Å²) >= 11 is 0. The van der Waals surface area contributed by atoms with Crippen molar-refractivity contribution >= 4 is 0 Å². The molecule has 0 radical (unpaired) electrons. The number of rotatable bonds is 19. The van der Waals surface area contributed by atoms with Gasteiger partial charge in [0.2, 0.25) is 0 Å². The minimum absolute atomic E-state index is 0.230. The second kappa shape index (κ2) is 19.0. The molecule has 1 fully saturated rings. The fraction of sp³-hybridized carbons (Fsp3) is 0.300. The van der Waals surface area contributed by atoms with E-state index in [-0.39, 0.29) is 13.2 Å². The molecule has 0 saturated carbocycles. The second-order valence-corrected chi connectivity index (χ2v) is 11.3. The second-order valence-electron chi connectivity index (χ2n) is 11.3. The predicted octanol–water partition coefficient (Wildman–Crippen LogP) is 7.42. The molecule has 1 aliphatic heterocycles. The van der Waals surface area contributed by atoms with E-state index in [2.05, 4.69) is 13.2 Å². The Labute approximate surface area is 278 Å². The molecule has 0 aromatic heterocycles. The first-order valence-corrected chi connectivity index (χ1v) is 15.9. The summed E-state index contributed by atoms with van der Waals surface area (Å²) in [5.41, 5.74) is 4.96. The Bertz CT molecular complexity index is 1450. The van der Waals surface area contributed by atoms with Gasteiger partial charge in [0, 0.05) is 0 Å². The van der Waals surface area contributed by atoms with Crippen LogP contribution in [-0.4, -0.2) is 50.7 Å². The van der Waals surface area contributed by atoms with Gasteiger partial charge in [-0.1, -0.05) is 134 Å². The summed E-state index contributed by atoms with van der Waals surface area (Å²) in [5.74, 6) is 0. The van der Waals surface area contributed by atoms with Crippen LogP contribution in [0.3, 0.4) is 0 Å². The van der Waals surface area contributed by atoms with Gasteiger partial charge in [-0.3, -0.25) is 0 Å². The highest BCUT2D eigenvalue weighted by Gasteiger charge is 2.45. The lowest BCUT2D eigenvalue weighted by Crippen LogP contribution is -2.57. The Balaban J connectivity index is 1.28. The highest BCUT2D eigenvalue weighted by Crippen LogP contribution is 2.28. The van der Waals surface area contributed by atoms with E-state index in [0.29, 0.717) is 33.0 Å². The number of benzene rings is 4. The van der Waals surface area contributed by atoms with Crippen molar-refractivity contribution in [3.8, 4) is 0 Å². The molecule has 0 amide bonds. The van der Waals surface area contributed by atoms with Crippen LogP contribution < -0.4 is 0 Å². The Morgan fingerprint density at radius 3 is 1.66 bits per heavy atom. The van der Waals surface area contributed by atoms with Crippen LogP contribution in [0.1, 0.15) is 22.3 Å². The van der Waals surface area contributed by atoms with Gasteiger partial charge in [0.1, 0.15) is 18.3 Å². The van der Waals surface area contributed by atoms with Crippen LogP contribution in [0.15, 0.2) is 146 Å². The van der Waals surface area contributed by atoms with Gasteiger partial charge in [-0.05, 0) is 33.9 Å². The highest BCUT2D eigenvalue weighted by atomic mass is 16.7. The Hall–Kier alpha value is -3.92. The lowest BCUT2D eigenvalue weighted by Gasteiger charge is -2.42. The third-order valence-electron chi connectivity index (χ3n) is 7.59. The molecular formula is C40H44O7. The molecule has 47 heavy (non-hydrogen) atoms. The van der Waals surface area contributed by atoms with E-state index in [1.807, 2.05) is 121 Å². The molecule has 0 aliphatic carbocycles. The van der Waals surface area contributed by atoms with E-state index >= 15 is 0 Å². The predicted molar refractivity (Wildman–Crippen MR) is 181 cm³/mol. The monoisotopic (exact) mass is 636 g/mol. The Kier molecular flexibility index (Phi) is 13.9. The van der Waals surface area contributed by atoms with Crippen LogP contribution in [0.4, 0.5) is 0 Å². The molecule has 7 nitrogen and oxygen atoms in total. The number of ether oxygens (including phenoxy) is 7. The van der Waals surface area contributed by atoms with E-state index in [0.717, 1.165) is 27.8 Å². The van der Waals surface area contributed by atoms with Gasteiger partial charge in [-0.25, -0.2) is 0 Å². The van der Waals surface area contributed by atoms with Crippen molar-refractivity contribution in [2.45, 2.75) is 57.3 Å². The van der Waals surface area contributed by atoms with E-state index in [1.54, 1.807) is 6.08 Å². The molecule has 7 heteroatoms. The molecule has 1 heterocycles. The molecule has 0 bridgehead atoms. The minimum atomic E-state index is -0.774. The normalized spacial score (nSPS) is 20.0. The fourth-order valence-electron chi connectivity index (χ4n) is 5.11. The zero-order valence-electron chi connectivity index (χ0n) is 26.7. The molecule has 4 aromatic rings. The van der Waals surface area contributed by atoms with E-state index in [4.69, 9.17) is 33.2 Å². The molecule has 5 atom stereocenters. The Morgan fingerprint density at radius 2 is 1.13 bits per heavy atom. The van der Waals surface area contributed by atoms with Gasteiger partial charge in [-0.15, -0.1) is 0 Å². The molecule has 0 N–H and O–H groups in total. The first-order valence-electron chi connectivity index (χ1n) is 15.9. The van der Waals surface area contributed by atoms with Gasteiger partial charge < -0.3 is 33.2 Å². The van der Waals surface area contributed by atoms with Gasteiger partial charge in [0.15, 0.2) is 12.6 Å². The van der Waals surface area contributed by atoms with Gasteiger partial charge in [0.05, 0.1) is 46.2 Å². The molecule has 0 spiro atoms. The smallest absolute Gasteiger partial charge is 0.186 e. The summed E-state index contributed by atoms with van der Waals surface area (Å²) < 4.78 is 44.2. The van der Waals surface area contributed by atoms with E-state index in [9.17, 15) is 0 Å². The van der Waals surface area contributed by atoms with E-state index < -0.39 is 30.9 Å². The highest BCUT2D eigenvalue weighted by molar-refractivity contribution is 5.16. The summed E-state index contributed by atoms with van der Waals surface area (Å²) in [6.45, 7) is 10.5. The van der Waals surface area contributed by atoms with Crippen molar-refractivity contribution in [2.75, 3.05) is 19.8 Å². The van der Waals surface area contributed by atoms with Crippen molar-refractivity contribution in [2.24, 2.45) is 0 Å². The van der Waals surface area contributed by atoms with Crippen molar-refractivity contribution < 1.29 is 33.2 Å². The molecular weight excluding hydrogens is 592 g/mol. The SMILES string of the molecule is C=C[C@@H](OCC(=C)COCc1ccccc1)O[C@@H]1[C@@H](OCc2ccccc2)[C@@H](OCc2ccccc2)OC[C@H]1OCc1ccccc1. The molecule has 4 aromatic carbocycles. The first-order chi connectivity index (χ1) is 23.2. The average molecular weight is 637 g/mol. The van der Waals surface area contributed by atoms with Crippen LogP contribution in [0.5, 0.6) is 0 Å². The van der Waals surface area contributed by atoms with Crippen molar-refractivity contribution in [3.05, 3.63) is 168 Å². The summed E-state index contributed by atoms with van der Waals surface area (Å²) in [4.78, 5) is 0. The maximum Gasteiger partial charge on any atom is 0.186 e. The maximum absolute atomic E-state index is 6.62. The van der Waals surface area contributed by atoms with Crippen LogP contribution in [0.25, 0.3) is 0 Å². The first kappa shape index (κ1) is 34.4. The zero-order chi connectivity index (χ0) is 32.5. The third kappa shape index (κ3) is 11.4. The summed E-state index contributed by atoms with van der Waals surface area (Å²) in [6, 6.07) is 40.0. The zero-order valence-corrected chi connectivity index (χ0v) is 26.7. The molecule has 5 rings (SSSR count). The number of hydrogen-bond donors (Lipinski definition) is 0. The molecule has 246 valence electrons. The topological polar surface area (TPSA) is 64.6 Å². The van der Waals surface area contributed by atoms with Gasteiger partial charge in [0.25, 0.3) is 0 Å². The van der Waals surface area contributed by atoms with Crippen molar-refractivity contribution in [1.29, 1.82) is 0 Å². The molecule has 0 unspecified atom stereocenters. The summed E-state index contributed by atoms with van der Waals surface area (Å²) in [6.07, 6.45) is -1.59. The third-order valence-corrected chi connectivity index (χ3v) is 7.59. The minimum Gasteiger partial charge on any atom is -0.372 e. The van der Waals surface area contributed by atoms with Gasteiger partial charge in [-0.2, -0.15) is 0 Å². The van der Waals surface area contributed by atoms with Crippen LogP contribution in [0.2, 0.25) is 0 Å². The average Bonchev–Trinajstić information content (AvgIpc) is 3.13. The molecule has 1 aliphatic rings. The lowest BCUT2D eigenvalue weighted by molar-refractivity contribution is -0.317. The standard InChI is InChI=1S/C40H44O7/c1-3-37(43-25-31(2)24-41-26-32-16-8-4-9-17-32)47-38-36(42-27-33-18-10-5-11-19-33)30-46-40(45-29-35-22-14-7-15-23-35)39(38)44-28-34-20-12-6-13-21-34/h3-23,36-40H,1-2,24-30H2/t36-,37+,38+,39-,40+/m1/s1. The number of hydrogen-bond acceptors (Lipinski definition) is 7. The molecule has 1 saturated heterocycles. The lowest BCUT2D eigenvalue weighted by atomic mass is 10.0. The van der Waals surface area contributed by atoms with Crippen molar-refractivity contribution in [3.63, 3.8) is 0 Å². The summed E-state index contributed by atoms with van der Waals surface area (Å²) in [7, 11) is 0. The largest absolute Gasteiger partial charge is 0.372 e. The maximum atomic E-state index is 6.62. The van der Waals surface area contributed by atoms with Gasteiger partial charge >= 0.3 is 0 Å². The fourth-order valence-corrected chi connectivity index (χ4v) is 5.11. The summed E-state index contributed by atoms with van der Waals surface area (Å²) in [5, 5.41) is 0. The van der Waals surface area contributed by atoms with Crippen LogP contribution in [0, 0.1) is 0 Å².